The van der Waals surface area contributed by atoms with Crippen molar-refractivity contribution in [1.29, 1.82) is 0 Å². The number of fused-ring (bicyclic) bond motifs is 1. The summed E-state index contributed by atoms with van der Waals surface area (Å²) in [6, 6.07) is 7.47. The van der Waals surface area contributed by atoms with Gasteiger partial charge in [0.1, 0.15) is 17.0 Å². The molecule has 0 aliphatic carbocycles. The molecule has 2 saturated heterocycles. The molecule has 5 rings (SSSR count). The SMILES string of the molecule is COc1cccc(-n2nccn2)c1C(=O)N1CC2CN(c3nc(C)cc(C)n3)CC2C1. The molecule has 2 aliphatic heterocycles. The van der Waals surface area contributed by atoms with Crippen LogP contribution in [0.1, 0.15) is 21.7 Å². The molecule has 2 atom stereocenters. The van der Waals surface area contributed by atoms with Crippen molar-refractivity contribution in [2.24, 2.45) is 11.8 Å². The Hall–Kier alpha value is -3.49. The fraction of sp³-hybridized carbons (Fsp3) is 0.409. The monoisotopic (exact) mass is 419 g/mol. The molecule has 2 aromatic heterocycles. The summed E-state index contributed by atoms with van der Waals surface area (Å²) in [6.07, 6.45) is 3.19. The van der Waals surface area contributed by atoms with E-state index in [4.69, 9.17) is 4.74 Å². The van der Waals surface area contributed by atoms with Gasteiger partial charge >= 0.3 is 0 Å². The van der Waals surface area contributed by atoms with Gasteiger partial charge in [-0.25, -0.2) is 9.97 Å². The Morgan fingerprint density at radius 3 is 2.26 bits per heavy atom. The highest BCUT2D eigenvalue weighted by atomic mass is 16.5. The molecule has 3 aromatic rings. The van der Waals surface area contributed by atoms with Gasteiger partial charge in [-0.2, -0.15) is 15.0 Å². The van der Waals surface area contributed by atoms with E-state index in [9.17, 15) is 4.79 Å². The summed E-state index contributed by atoms with van der Waals surface area (Å²) < 4.78 is 5.51. The molecule has 0 radical (unpaired) electrons. The molecular weight excluding hydrogens is 394 g/mol. The van der Waals surface area contributed by atoms with Crippen LogP contribution >= 0.6 is 0 Å². The highest BCUT2D eigenvalue weighted by molar-refractivity contribution is 6.00. The van der Waals surface area contributed by atoms with Crippen molar-refractivity contribution in [2.75, 3.05) is 38.2 Å². The highest BCUT2D eigenvalue weighted by Gasteiger charge is 2.43. The Labute approximate surface area is 180 Å². The molecule has 0 saturated carbocycles. The Morgan fingerprint density at radius 2 is 1.65 bits per heavy atom. The Morgan fingerprint density at radius 1 is 1.00 bits per heavy atom. The topological polar surface area (TPSA) is 89.3 Å². The van der Waals surface area contributed by atoms with Gasteiger partial charge in [-0.05, 0) is 32.0 Å². The molecule has 160 valence electrons. The standard InChI is InChI=1S/C22H25N7O2/c1-14-9-15(2)26-22(25-14)28-12-16-10-27(11-17(16)13-28)21(30)20-18(29-23-7-8-24-29)5-4-6-19(20)31-3/h4-9,16-17H,10-13H2,1-3H3. The van der Waals surface area contributed by atoms with E-state index in [0.717, 1.165) is 30.4 Å². The number of methoxy groups -OCH3 is 1. The number of anilines is 1. The number of benzene rings is 1. The van der Waals surface area contributed by atoms with Gasteiger partial charge in [0.05, 0.1) is 19.5 Å². The van der Waals surface area contributed by atoms with Crippen molar-refractivity contribution in [3.8, 4) is 11.4 Å². The van der Waals surface area contributed by atoms with E-state index in [1.165, 1.54) is 4.80 Å². The van der Waals surface area contributed by atoms with Gasteiger partial charge in [0.2, 0.25) is 5.95 Å². The van der Waals surface area contributed by atoms with Crippen molar-refractivity contribution in [1.82, 2.24) is 29.9 Å². The van der Waals surface area contributed by atoms with Gasteiger partial charge in [0, 0.05) is 49.4 Å². The van der Waals surface area contributed by atoms with Crippen LogP contribution in [0.4, 0.5) is 5.95 Å². The zero-order valence-corrected chi connectivity index (χ0v) is 17.9. The molecule has 4 heterocycles. The number of aromatic nitrogens is 5. The van der Waals surface area contributed by atoms with Crippen molar-refractivity contribution in [2.45, 2.75) is 13.8 Å². The summed E-state index contributed by atoms with van der Waals surface area (Å²) >= 11 is 0. The Kier molecular flexibility index (Phi) is 4.80. The van der Waals surface area contributed by atoms with Crippen LogP contribution in [0.2, 0.25) is 0 Å². The van der Waals surface area contributed by atoms with Crippen LogP contribution < -0.4 is 9.64 Å². The van der Waals surface area contributed by atoms with Crippen LogP contribution in [-0.4, -0.2) is 69.1 Å². The summed E-state index contributed by atoms with van der Waals surface area (Å²) in [5, 5.41) is 8.41. The maximum absolute atomic E-state index is 13.6. The molecule has 1 amide bonds. The molecule has 0 bridgehead atoms. The lowest BCUT2D eigenvalue weighted by atomic mass is 10.0. The minimum absolute atomic E-state index is 0.0478. The van der Waals surface area contributed by atoms with E-state index in [0.29, 0.717) is 41.9 Å². The molecule has 2 aliphatic rings. The van der Waals surface area contributed by atoms with Crippen LogP contribution in [-0.2, 0) is 0 Å². The number of hydrogen-bond donors (Lipinski definition) is 0. The number of hydrogen-bond acceptors (Lipinski definition) is 7. The van der Waals surface area contributed by atoms with E-state index in [1.54, 1.807) is 25.6 Å². The predicted octanol–water partition coefficient (Wildman–Crippen LogP) is 1.89. The van der Waals surface area contributed by atoms with Gasteiger partial charge in [0.15, 0.2) is 0 Å². The second-order valence-electron chi connectivity index (χ2n) is 8.26. The first-order valence-corrected chi connectivity index (χ1v) is 10.4. The van der Waals surface area contributed by atoms with Crippen LogP contribution in [0, 0.1) is 25.7 Å². The van der Waals surface area contributed by atoms with Crippen molar-refractivity contribution in [3.05, 3.63) is 53.6 Å². The zero-order chi connectivity index (χ0) is 21.5. The van der Waals surface area contributed by atoms with Gasteiger partial charge in [-0.1, -0.05) is 6.07 Å². The lowest BCUT2D eigenvalue weighted by Crippen LogP contribution is -2.34. The second kappa shape index (κ2) is 7.64. The maximum atomic E-state index is 13.6. The third kappa shape index (κ3) is 3.49. The van der Waals surface area contributed by atoms with Crippen LogP contribution in [0.5, 0.6) is 5.75 Å². The number of carbonyl (C=O) groups excluding carboxylic acids is 1. The summed E-state index contributed by atoms with van der Waals surface area (Å²) in [4.78, 5) is 28.4. The van der Waals surface area contributed by atoms with Gasteiger partial charge in [-0.15, -0.1) is 0 Å². The number of aryl methyl sites for hydroxylation is 2. The smallest absolute Gasteiger partial charge is 0.259 e. The lowest BCUT2D eigenvalue weighted by Gasteiger charge is -2.23. The van der Waals surface area contributed by atoms with E-state index in [1.807, 2.05) is 36.9 Å². The third-order valence-electron chi connectivity index (χ3n) is 6.10. The molecule has 0 spiro atoms. The average molecular weight is 419 g/mol. The number of carbonyl (C=O) groups is 1. The van der Waals surface area contributed by atoms with Gasteiger partial charge in [0.25, 0.3) is 5.91 Å². The molecule has 0 N–H and O–H groups in total. The molecule has 2 unspecified atom stereocenters. The number of likely N-dealkylation sites (tertiary alicyclic amines) is 1. The number of ether oxygens (including phenoxy) is 1. The summed E-state index contributed by atoms with van der Waals surface area (Å²) in [5.41, 5.74) is 3.08. The molecule has 2 fully saturated rings. The Bertz CT molecular complexity index is 1080. The van der Waals surface area contributed by atoms with Gasteiger partial charge < -0.3 is 14.5 Å². The summed E-state index contributed by atoms with van der Waals surface area (Å²) in [5.74, 6) is 2.07. The zero-order valence-electron chi connectivity index (χ0n) is 17.9. The lowest BCUT2D eigenvalue weighted by molar-refractivity contribution is 0.0779. The van der Waals surface area contributed by atoms with Crippen molar-refractivity contribution in [3.63, 3.8) is 0 Å². The fourth-order valence-corrected chi connectivity index (χ4v) is 4.74. The normalized spacial score (nSPS) is 20.2. The maximum Gasteiger partial charge on any atom is 0.259 e. The first kappa shape index (κ1) is 19.5. The quantitative estimate of drug-likeness (QED) is 0.638. The molecule has 31 heavy (non-hydrogen) atoms. The van der Waals surface area contributed by atoms with E-state index in [2.05, 4.69) is 25.1 Å². The first-order valence-electron chi connectivity index (χ1n) is 10.4. The van der Waals surface area contributed by atoms with Crippen molar-refractivity contribution < 1.29 is 9.53 Å². The minimum Gasteiger partial charge on any atom is -0.496 e. The van der Waals surface area contributed by atoms with Crippen LogP contribution in [0.3, 0.4) is 0 Å². The number of amides is 1. The molecule has 1 aromatic carbocycles. The second-order valence-corrected chi connectivity index (χ2v) is 8.26. The minimum atomic E-state index is -0.0478. The average Bonchev–Trinajstić information content (AvgIpc) is 3.48. The third-order valence-corrected chi connectivity index (χ3v) is 6.10. The molecule has 9 heteroatoms. The van der Waals surface area contributed by atoms with E-state index in [-0.39, 0.29) is 5.91 Å². The largest absolute Gasteiger partial charge is 0.496 e. The van der Waals surface area contributed by atoms with Gasteiger partial charge in [-0.3, -0.25) is 4.79 Å². The highest BCUT2D eigenvalue weighted by Crippen LogP contribution is 2.35. The van der Waals surface area contributed by atoms with Crippen LogP contribution in [0.25, 0.3) is 5.69 Å². The van der Waals surface area contributed by atoms with E-state index >= 15 is 0 Å². The fourth-order valence-electron chi connectivity index (χ4n) is 4.74. The number of rotatable bonds is 4. The first-order chi connectivity index (χ1) is 15.0. The molecule has 9 nitrogen and oxygen atoms in total. The summed E-state index contributed by atoms with van der Waals surface area (Å²) in [7, 11) is 1.58. The summed E-state index contributed by atoms with van der Waals surface area (Å²) in [6.45, 7) is 7.11. The Balaban J connectivity index is 1.36. The van der Waals surface area contributed by atoms with E-state index < -0.39 is 0 Å². The van der Waals surface area contributed by atoms with Crippen molar-refractivity contribution >= 4 is 11.9 Å². The predicted molar refractivity (Wildman–Crippen MR) is 115 cm³/mol. The number of nitrogens with zero attached hydrogens (tertiary/aromatic N) is 7. The molecular formula is C22H25N7O2. The van der Waals surface area contributed by atoms with Crippen LogP contribution in [0.15, 0.2) is 36.7 Å².